The molecule has 1 fully saturated rings. The second-order valence-electron chi connectivity index (χ2n) is 4.77. The van der Waals surface area contributed by atoms with E-state index in [2.05, 4.69) is 5.32 Å². The maximum absolute atomic E-state index is 13.2. The van der Waals surface area contributed by atoms with Crippen LogP contribution in [0.2, 0.25) is 0 Å². The number of piperidine rings is 1. The van der Waals surface area contributed by atoms with Crippen LogP contribution in [-0.4, -0.2) is 18.8 Å². The van der Waals surface area contributed by atoms with Gasteiger partial charge in [0.25, 0.3) is 0 Å². The van der Waals surface area contributed by atoms with Crippen LogP contribution in [0, 0.1) is 12.7 Å². The number of halogens is 4. The highest BCUT2D eigenvalue weighted by Crippen LogP contribution is 2.35. The SMILES string of the molecule is Cc1ccc(F)cc1C1CCNC(C(F)(F)F)C1. The lowest BCUT2D eigenvalue weighted by molar-refractivity contribution is -0.161. The number of hydrogen-bond donors (Lipinski definition) is 1. The quantitative estimate of drug-likeness (QED) is 0.762. The summed E-state index contributed by atoms with van der Waals surface area (Å²) >= 11 is 0. The van der Waals surface area contributed by atoms with E-state index in [4.69, 9.17) is 0 Å². The molecule has 2 rings (SSSR count). The van der Waals surface area contributed by atoms with Crippen LogP contribution in [0.25, 0.3) is 0 Å². The molecule has 1 nitrogen and oxygen atoms in total. The van der Waals surface area contributed by atoms with Crippen molar-refractivity contribution in [3.8, 4) is 0 Å². The minimum Gasteiger partial charge on any atom is -0.306 e. The fraction of sp³-hybridized carbons (Fsp3) is 0.538. The van der Waals surface area contributed by atoms with Crippen LogP contribution >= 0.6 is 0 Å². The summed E-state index contributed by atoms with van der Waals surface area (Å²) in [6.07, 6.45) is -3.65. The number of nitrogens with one attached hydrogen (secondary N) is 1. The van der Waals surface area contributed by atoms with Crippen molar-refractivity contribution in [3.63, 3.8) is 0 Å². The fourth-order valence-corrected chi connectivity index (χ4v) is 2.50. The first-order valence-corrected chi connectivity index (χ1v) is 5.94. The molecule has 18 heavy (non-hydrogen) atoms. The van der Waals surface area contributed by atoms with Crippen LogP contribution < -0.4 is 5.32 Å². The Morgan fingerprint density at radius 2 is 2.00 bits per heavy atom. The molecular formula is C13H15F4N. The Morgan fingerprint density at radius 1 is 1.28 bits per heavy atom. The van der Waals surface area contributed by atoms with Gasteiger partial charge in [0.1, 0.15) is 11.9 Å². The molecule has 5 heteroatoms. The number of aryl methyl sites for hydroxylation is 1. The van der Waals surface area contributed by atoms with Gasteiger partial charge in [-0.2, -0.15) is 13.2 Å². The minimum absolute atomic E-state index is 0.0200. The summed E-state index contributed by atoms with van der Waals surface area (Å²) in [7, 11) is 0. The molecule has 0 aromatic heterocycles. The lowest BCUT2D eigenvalue weighted by atomic mass is 9.84. The van der Waals surface area contributed by atoms with Crippen LogP contribution in [0.1, 0.15) is 29.9 Å². The van der Waals surface area contributed by atoms with Crippen molar-refractivity contribution in [2.24, 2.45) is 0 Å². The Hall–Kier alpha value is -1.10. The van der Waals surface area contributed by atoms with Gasteiger partial charge < -0.3 is 5.32 Å². The topological polar surface area (TPSA) is 12.0 Å². The van der Waals surface area contributed by atoms with Gasteiger partial charge in [0.2, 0.25) is 0 Å². The van der Waals surface area contributed by atoms with Crippen molar-refractivity contribution in [1.29, 1.82) is 0 Å². The Balaban J connectivity index is 2.21. The van der Waals surface area contributed by atoms with Crippen molar-refractivity contribution < 1.29 is 17.6 Å². The molecule has 2 unspecified atom stereocenters. The highest BCUT2D eigenvalue weighted by Gasteiger charge is 2.42. The number of rotatable bonds is 1. The third kappa shape index (κ3) is 2.83. The van der Waals surface area contributed by atoms with Gasteiger partial charge in [-0.1, -0.05) is 6.07 Å². The van der Waals surface area contributed by atoms with Crippen molar-refractivity contribution >= 4 is 0 Å². The second kappa shape index (κ2) is 4.88. The normalized spacial score (nSPS) is 25.2. The predicted molar refractivity (Wildman–Crippen MR) is 61.0 cm³/mol. The van der Waals surface area contributed by atoms with Gasteiger partial charge in [-0.3, -0.25) is 0 Å². The Kier molecular flexibility index (Phi) is 3.61. The molecule has 1 aliphatic heterocycles. The zero-order valence-corrected chi connectivity index (χ0v) is 10.0. The van der Waals surface area contributed by atoms with Gasteiger partial charge in [0.15, 0.2) is 0 Å². The first-order valence-electron chi connectivity index (χ1n) is 5.94. The lowest BCUT2D eigenvalue weighted by Gasteiger charge is -2.32. The second-order valence-corrected chi connectivity index (χ2v) is 4.77. The van der Waals surface area contributed by atoms with Crippen molar-refractivity contribution in [2.45, 2.75) is 37.9 Å². The van der Waals surface area contributed by atoms with Gasteiger partial charge in [0, 0.05) is 0 Å². The van der Waals surface area contributed by atoms with Gasteiger partial charge in [0.05, 0.1) is 0 Å². The summed E-state index contributed by atoms with van der Waals surface area (Å²) in [5.74, 6) is -0.619. The van der Waals surface area contributed by atoms with Gasteiger partial charge >= 0.3 is 6.18 Å². The average Bonchev–Trinajstić information content (AvgIpc) is 2.31. The van der Waals surface area contributed by atoms with Gasteiger partial charge in [-0.25, -0.2) is 4.39 Å². The maximum atomic E-state index is 13.2. The molecule has 0 aliphatic carbocycles. The summed E-state index contributed by atoms with van der Waals surface area (Å²) in [4.78, 5) is 0. The number of benzene rings is 1. The highest BCUT2D eigenvalue weighted by atomic mass is 19.4. The molecule has 2 atom stereocenters. The van der Waals surface area contributed by atoms with Crippen molar-refractivity contribution in [3.05, 3.63) is 35.1 Å². The molecule has 0 amide bonds. The third-order valence-electron chi connectivity index (χ3n) is 3.48. The summed E-state index contributed by atoms with van der Waals surface area (Å²) in [5.41, 5.74) is 1.55. The van der Waals surface area contributed by atoms with Crippen LogP contribution in [-0.2, 0) is 0 Å². The Labute approximate surface area is 103 Å². The van der Waals surface area contributed by atoms with Crippen LogP contribution in [0.4, 0.5) is 17.6 Å². The zero-order valence-electron chi connectivity index (χ0n) is 10.0. The zero-order chi connectivity index (χ0) is 13.3. The molecule has 0 bridgehead atoms. The first-order chi connectivity index (χ1) is 8.38. The van der Waals surface area contributed by atoms with Crippen LogP contribution in [0.5, 0.6) is 0 Å². The standard InChI is InChI=1S/C13H15F4N/c1-8-2-3-10(14)7-11(8)9-4-5-18-12(6-9)13(15,16)17/h2-3,7,9,12,18H,4-6H2,1H3. The van der Waals surface area contributed by atoms with Crippen molar-refractivity contribution in [2.75, 3.05) is 6.54 Å². The molecule has 1 heterocycles. The van der Waals surface area contributed by atoms with Gasteiger partial charge in [-0.15, -0.1) is 0 Å². The molecular weight excluding hydrogens is 246 g/mol. The lowest BCUT2D eigenvalue weighted by Crippen LogP contribution is -2.47. The van der Waals surface area contributed by atoms with E-state index in [-0.39, 0.29) is 12.3 Å². The van der Waals surface area contributed by atoms with E-state index in [0.29, 0.717) is 18.5 Å². The first kappa shape index (κ1) is 13.3. The van der Waals surface area contributed by atoms with E-state index in [1.54, 1.807) is 13.0 Å². The average molecular weight is 261 g/mol. The molecule has 100 valence electrons. The Bertz CT molecular complexity index is 427. The molecule has 1 aromatic carbocycles. The van der Waals surface area contributed by atoms with Crippen LogP contribution in [0.15, 0.2) is 18.2 Å². The molecule has 0 radical (unpaired) electrons. The molecule has 1 aromatic rings. The van der Waals surface area contributed by atoms with E-state index in [1.807, 2.05) is 0 Å². The highest BCUT2D eigenvalue weighted by molar-refractivity contribution is 5.30. The summed E-state index contributed by atoms with van der Waals surface area (Å²) < 4.78 is 51.2. The van der Waals surface area contributed by atoms with Crippen molar-refractivity contribution in [1.82, 2.24) is 5.32 Å². The van der Waals surface area contributed by atoms with Crippen LogP contribution in [0.3, 0.4) is 0 Å². The summed E-state index contributed by atoms with van der Waals surface area (Å²) in [5, 5.41) is 2.47. The third-order valence-corrected chi connectivity index (χ3v) is 3.48. The monoisotopic (exact) mass is 261 g/mol. The maximum Gasteiger partial charge on any atom is 0.403 e. The summed E-state index contributed by atoms with van der Waals surface area (Å²) in [6.45, 7) is 2.12. The molecule has 1 aliphatic rings. The number of alkyl halides is 3. The smallest absolute Gasteiger partial charge is 0.306 e. The molecule has 0 spiro atoms. The van der Waals surface area contributed by atoms with E-state index < -0.39 is 18.0 Å². The minimum atomic E-state index is -4.24. The van der Waals surface area contributed by atoms with Gasteiger partial charge in [-0.05, 0) is 55.5 Å². The molecule has 0 saturated carbocycles. The molecule has 1 N–H and O–H groups in total. The Morgan fingerprint density at radius 3 is 2.67 bits per heavy atom. The predicted octanol–water partition coefficient (Wildman–Crippen LogP) is 3.53. The van der Waals surface area contributed by atoms with E-state index >= 15 is 0 Å². The van der Waals surface area contributed by atoms with E-state index in [0.717, 1.165) is 5.56 Å². The summed E-state index contributed by atoms with van der Waals surface area (Å²) in [6, 6.07) is 2.83. The number of hydrogen-bond acceptors (Lipinski definition) is 1. The molecule has 1 saturated heterocycles. The largest absolute Gasteiger partial charge is 0.403 e. The van der Waals surface area contributed by atoms with E-state index in [9.17, 15) is 17.6 Å². The van der Waals surface area contributed by atoms with E-state index in [1.165, 1.54) is 12.1 Å². The fourth-order valence-electron chi connectivity index (χ4n) is 2.50.